The minimum absolute atomic E-state index is 0.0231. The van der Waals surface area contributed by atoms with Crippen LogP contribution in [0.25, 0.3) is 11.6 Å². The number of aromatic nitrogens is 2. The fraction of sp³-hybridized carbons (Fsp3) is 0.353. The topological polar surface area (TPSA) is 52.1 Å². The number of ether oxygens (including phenoxy) is 1. The summed E-state index contributed by atoms with van der Waals surface area (Å²) < 4.78 is 5.70. The highest BCUT2D eigenvalue weighted by Crippen LogP contribution is 2.23. The average Bonchev–Trinajstić information content (AvgIpc) is 2.46. The molecule has 0 amide bonds. The molecule has 1 aromatic heterocycles. The van der Waals surface area contributed by atoms with Crippen molar-refractivity contribution in [1.82, 2.24) is 9.97 Å². The summed E-state index contributed by atoms with van der Waals surface area (Å²) >= 11 is 0. The molecule has 0 N–H and O–H groups in total. The van der Waals surface area contributed by atoms with Crippen molar-refractivity contribution in [3.8, 4) is 11.8 Å². The van der Waals surface area contributed by atoms with Crippen LogP contribution in [0.1, 0.15) is 44.4 Å². The van der Waals surface area contributed by atoms with E-state index in [0.717, 1.165) is 24.1 Å². The van der Waals surface area contributed by atoms with Crippen LogP contribution in [0.4, 0.5) is 0 Å². The number of carbonyl (C=O) groups excluding carboxylic acids is 1. The van der Waals surface area contributed by atoms with E-state index < -0.39 is 0 Å². The molecule has 0 saturated heterocycles. The van der Waals surface area contributed by atoms with Crippen molar-refractivity contribution in [2.24, 2.45) is 0 Å². The molecule has 1 heterocycles. The first-order valence-electron chi connectivity index (χ1n) is 7.05. The summed E-state index contributed by atoms with van der Waals surface area (Å²) in [4.78, 5) is 20.4. The van der Waals surface area contributed by atoms with Gasteiger partial charge in [-0.1, -0.05) is 19.3 Å². The van der Waals surface area contributed by atoms with Crippen LogP contribution in [0.3, 0.4) is 0 Å². The van der Waals surface area contributed by atoms with E-state index in [1.165, 1.54) is 6.33 Å². The van der Waals surface area contributed by atoms with E-state index in [2.05, 4.69) is 28.7 Å². The molecule has 0 bridgehead atoms. The molecule has 0 aliphatic heterocycles. The van der Waals surface area contributed by atoms with Gasteiger partial charge in [0.1, 0.15) is 12.1 Å². The lowest BCUT2D eigenvalue weighted by molar-refractivity contribution is -0.114. The lowest BCUT2D eigenvalue weighted by Gasteiger charge is -2.13. The molecule has 1 aliphatic rings. The van der Waals surface area contributed by atoms with Crippen LogP contribution in [0, 0.1) is 11.8 Å². The second kappa shape index (κ2) is 7.39. The number of carbonyl (C=O) groups is 1. The van der Waals surface area contributed by atoms with Crippen LogP contribution < -0.4 is 0 Å². The van der Waals surface area contributed by atoms with E-state index >= 15 is 0 Å². The summed E-state index contributed by atoms with van der Waals surface area (Å²) in [5.74, 6) is 6.39. The van der Waals surface area contributed by atoms with Crippen molar-refractivity contribution in [1.29, 1.82) is 0 Å². The summed E-state index contributed by atoms with van der Waals surface area (Å²) in [5.41, 5.74) is 2.15. The molecular weight excluding hydrogens is 264 g/mol. The van der Waals surface area contributed by atoms with Crippen molar-refractivity contribution < 1.29 is 9.53 Å². The minimum atomic E-state index is -0.0231. The number of unbranched alkanes of at least 4 members (excludes halogenated alkanes) is 1. The van der Waals surface area contributed by atoms with Gasteiger partial charge in [0.15, 0.2) is 5.78 Å². The summed E-state index contributed by atoms with van der Waals surface area (Å²) in [7, 11) is 0. The van der Waals surface area contributed by atoms with Crippen molar-refractivity contribution >= 4 is 17.4 Å². The molecule has 0 unspecified atom stereocenters. The third kappa shape index (κ3) is 4.03. The predicted octanol–water partition coefficient (Wildman–Crippen LogP) is 3.01. The summed E-state index contributed by atoms with van der Waals surface area (Å²) in [6.45, 7) is 4.45. The van der Waals surface area contributed by atoms with Gasteiger partial charge >= 0.3 is 0 Å². The van der Waals surface area contributed by atoms with Crippen molar-refractivity contribution in [3.63, 3.8) is 0 Å². The van der Waals surface area contributed by atoms with Gasteiger partial charge in [-0.3, -0.25) is 4.79 Å². The molecular formula is C17H18N2O2. The maximum Gasteiger partial charge on any atom is 0.164 e. The summed E-state index contributed by atoms with van der Waals surface area (Å²) in [6.07, 6.45) is 8.78. The molecule has 4 heteroatoms. The van der Waals surface area contributed by atoms with E-state index in [1.807, 2.05) is 6.08 Å². The molecule has 2 rings (SSSR count). The van der Waals surface area contributed by atoms with Gasteiger partial charge < -0.3 is 4.74 Å². The Labute approximate surface area is 125 Å². The maximum atomic E-state index is 12.1. The fourth-order valence-electron chi connectivity index (χ4n) is 2.01. The van der Waals surface area contributed by atoms with E-state index in [9.17, 15) is 4.79 Å². The van der Waals surface area contributed by atoms with Gasteiger partial charge in [0.2, 0.25) is 0 Å². The second-order valence-electron chi connectivity index (χ2n) is 4.71. The van der Waals surface area contributed by atoms with Crippen LogP contribution in [0.5, 0.6) is 0 Å². The Morgan fingerprint density at radius 3 is 3.00 bits per heavy atom. The van der Waals surface area contributed by atoms with Gasteiger partial charge in [0.05, 0.1) is 18.7 Å². The number of fused-ring (bicyclic) bond motifs is 1. The first-order chi connectivity index (χ1) is 10.2. The number of hydrogen-bond acceptors (Lipinski definition) is 4. The summed E-state index contributed by atoms with van der Waals surface area (Å²) in [5, 5.41) is 0. The van der Waals surface area contributed by atoms with Crippen molar-refractivity contribution in [3.05, 3.63) is 35.6 Å². The highest BCUT2D eigenvalue weighted by Gasteiger charge is 2.15. The van der Waals surface area contributed by atoms with Crippen molar-refractivity contribution in [2.75, 3.05) is 6.61 Å². The molecule has 0 radical (unpaired) electrons. The molecule has 108 valence electrons. The normalized spacial score (nSPS) is 18.9. The second-order valence-corrected chi connectivity index (χ2v) is 4.71. The Kier molecular flexibility index (Phi) is 5.28. The minimum Gasteiger partial charge on any atom is -0.497 e. The van der Waals surface area contributed by atoms with E-state index in [0.29, 0.717) is 17.9 Å². The van der Waals surface area contributed by atoms with E-state index in [1.54, 1.807) is 19.2 Å². The summed E-state index contributed by atoms with van der Waals surface area (Å²) in [6, 6.07) is 0. The largest absolute Gasteiger partial charge is 0.497 e. The molecule has 0 aromatic carbocycles. The zero-order chi connectivity index (χ0) is 15.1. The molecule has 1 aromatic rings. The predicted molar refractivity (Wildman–Crippen MR) is 81.9 cm³/mol. The third-order valence-corrected chi connectivity index (χ3v) is 3.03. The number of hydrogen-bond donors (Lipinski definition) is 0. The third-order valence-electron chi connectivity index (χ3n) is 3.03. The molecule has 21 heavy (non-hydrogen) atoms. The lowest BCUT2D eigenvalue weighted by atomic mass is 10.00. The molecule has 0 saturated carbocycles. The first-order valence-corrected chi connectivity index (χ1v) is 7.05. The quantitative estimate of drug-likeness (QED) is 0.629. The average molecular weight is 282 g/mol. The molecule has 0 fully saturated rings. The zero-order valence-electron chi connectivity index (χ0n) is 12.3. The highest BCUT2D eigenvalue weighted by atomic mass is 16.5. The Balaban J connectivity index is 2.39. The van der Waals surface area contributed by atoms with Crippen LogP contribution in [0.15, 0.2) is 24.4 Å². The van der Waals surface area contributed by atoms with Crippen molar-refractivity contribution in [2.45, 2.75) is 33.1 Å². The number of nitrogens with zero attached hydrogens (tertiary/aromatic N) is 2. The molecule has 0 atom stereocenters. The Morgan fingerprint density at radius 1 is 1.38 bits per heavy atom. The van der Waals surface area contributed by atoms with E-state index in [-0.39, 0.29) is 12.2 Å². The zero-order valence-corrected chi connectivity index (χ0v) is 12.3. The number of allylic oxidation sites excluding steroid dienone is 3. The smallest absolute Gasteiger partial charge is 0.164 e. The standard InChI is InChI=1S/C17H18N2O2/c1-3-5-7-21-15-9-14(20)8-13(6-4-2)16-11-18-12-19-17(16)10-15/h8,10-12H,3,5,7,9H2,1-2H3/b13-8-,15-10-. The van der Waals surface area contributed by atoms with Gasteiger partial charge in [0.25, 0.3) is 0 Å². The van der Waals surface area contributed by atoms with Crippen LogP contribution >= 0.6 is 0 Å². The van der Waals surface area contributed by atoms with Gasteiger partial charge in [-0.05, 0) is 19.4 Å². The Hall–Kier alpha value is -2.41. The molecule has 0 spiro atoms. The van der Waals surface area contributed by atoms with Gasteiger partial charge in [-0.2, -0.15) is 0 Å². The lowest BCUT2D eigenvalue weighted by Crippen LogP contribution is -2.06. The van der Waals surface area contributed by atoms with Crippen LogP contribution in [0.2, 0.25) is 0 Å². The molecule has 4 nitrogen and oxygen atoms in total. The van der Waals surface area contributed by atoms with Gasteiger partial charge in [0, 0.05) is 23.4 Å². The highest BCUT2D eigenvalue weighted by molar-refractivity contribution is 6.03. The monoisotopic (exact) mass is 282 g/mol. The van der Waals surface area contributed by atoms with Crippen LogP contribution in [-0.4, -0.2) is 22.4 Å². The number of rotatable bonds is 4. The SMILES string of the molecule is CC#C/C1=C/C(=O)C/C(OCCCC)=C/c2ncncc21. The fourth-order valence-corrected chi connectivity index (χ4v) is 2.01. The Bertz CT molecular complexity index is 648. The number of ketones is 1. The van der Waals surface area contributed by atoms with Crippen LogP contribution in [-0.2, 0) is 9.53 Å². The maximum absolute atomic E-state index is 12.1. The molecule has 1 aliphatic carbocycles. The van der Waals surface area contributed by atoms with Gasteiger partial charge in [-0.25, -0.2) is 9.97 Å². The first kappa shape index (κ1) is 15.0. The van der Waals surface area contributed by atoms with E-state index in [4.69, 9.17) is 4.74 Å². The Morgan fingerprint density at radius 2 is 2.24 bits per heavy atom. The van der Waals surface area contributed by atoms with Gasteiger partial charge in [-0.15, -0.1) is 5.92 Å².